The maximum Gasteiger partial charge on any atom is 0.251 e. The minimum atomic E-state index is -2.29. The van der Waals surface area contributed by atoms with E-state index < -0.39 is 6.43 Å². The predicted molar refractivity (Wildman–Crippen MR) is 80.5 cm³/mol. The zero-order valence-corrected chi connectivity index (χ0v) is 12.9. The molecule has 0 heterocycles. The van der Waals surface area contributed by atoms with Gasteiger partial charge in [0.2, 0.25) is 0 Å². The molecule has 0 aromatic heterocycles. The Kier molecular flexibility index (Phi) is 7.10. The van der Waals surface area contributed by atoms with Gasteiger partial charge in [0, 0.05) is 12.6 Å². The van der Waals surface area contributed by atoms with E-state index in [1.165, 1.54) is 16.7 Å². The Morgan fingerprint density at radius 3 is 2.45 bits per heavy atom. The van der Waals surface area contributed by atoms with E-state index in [0.717, 1.165) is 13.0 Å². The second-order valence-corrected chi connectivity index (χ2v) is 5.48. The summed E-state index contributed by atoms with van der Waals surface area (Å²) < 4.78 is 24.9. The lowest BCUT2D eigenvalue weighted by atomic mass is 9.98. The van der Waals surface area contributed by atoms with Crippen molar-refractivity contribution >= 4 is 0 Å². The van der Waals surface area contributed by atoms with Gasteiger partial charge >= 0.3 is 0 Å². The topological polar surface area (TPSA) is 15.3 Å². The van der Waals surface area contributed by atoms with Gasteiger partial charge in [-0.1, -0.05) is 30.7 Å². The maximum absolute atomic E-state index is 12.5. The average Bonchev–Trinajstić information content (AvgIpc) is 2.34. The third-order valence-electron chi connectivity index (χ3n) is 3.39. The lowest BCUT2D eigenvalue weighted by molar-refractivity contribution is 0.0958. The quantitative estimate of drug-likeness (QED) is 0.785. The molecule has 20 heavy (non-hydrogen) atoms. The number of likely N-dealkylation sites (N-methyl/N-ethyl adjacent to an activating group) is 1. The third-order valence-corrected chi connectivity index (χ3v) is 3.39. The van der Waals surface area contributed by atoms with Gasteiger partial charge in [0.25, 0.3) is 6.43 Å². The summed E-state index contributed by atoms with van der Waals surface area (Å²) in [6.07, 6.45) is -1.26. The highest BCUT2D eigenvalue weighted by molar-refractivity contribution is 5.33. The number of nitrogens with one attached hydrogen (secondary N) is 1. The van der Waals surface area contributed by atoms with E-state index in [9.17, 15) is 8.78 Å². The molecular weight excluding hydrogens is 258 g/mol. The largest absolute Gasteiger partial charge is 0.309 e. The standard InChI is InChI=1S/C16H26F2N2/c1-5-8-19-15(10-20(4)11-16(17)18)14-7-6-12(2)9-13(14)3/h6-7,9,15-16,19H,5,8,10-11H2,1-4H3. The molecule has 0 amide bonds. The van der Waals surface area contributed by atoms with E-state index in [0.29, 0.717) is 6.54 Å². The molecule has 0 aliphatic rings. The van der Waals surface area contributed by atoms with Crippen molar-refractivity contribution in [2.75, 3.05) is 26.7 Å². The average molecular weight is 284 g/mol. The molecule has 1 atom stereocenters. The molecule has 4 heteroatoms. The summed E-state index contributed by atoms with van der Waals surface area (Å²) in [5, 5.41) is 3.46. The molecule has 0 aliphatic heterocycles. The summed E-state index contributed by atoms with van der Waals surface area (Å²) in [6, 6.07) is 6.42. The minimum absolute atomic E-state index is 0.0966. The number of alkyl halides is 2. The van der Waals surface area contributed by atoms with Crippen molar-refractivity contribution in [3.63, 3.8) is 0 Å². The van der Waals surface area contributed by atoms with Gasteiger partial charge in [-0.05, 0) is 45.0 Å². The van der Waals surface area contributed by atoms with Crippen molar-refractivity contribution < 1.29 is 8.78 Å². The molecule has 0 saturated carbocycles. The zero-order valence-electron chi connectivity index (χ0n) is 12.9. The normalized spacial score (nSPS) is 13.2. The summed E-state index contributed by atoms with van der Waals surface area (Å²) >= 11 is 0. The van der Waals surface area contributed by atoms with Crippen molar-refractivity contribution in [2.45, 2.75) is 39.7 Å². The Hall–Kier alpha value is -1.00. The molecule has 1 N–H and O–H groups in total. The van der Waals surface area contributed by atoms with Crippen molar-refractivity contribution in [3.8, 4) is 0 Å². The lowest BCUT2D eigenvalue weighted by Gasteiger charge is -2.26. The summed E-state index contributed by atoms with van der Waals surface area (Å²) in [5.74, 6) is 0. The molecule has 0 aliphatic carbocycles. The van der Waals surface area contributed by atoms with Crippen LogP contribution < -0.4 is 5.32 Å². The molecule has 0 saturated heterocycles. The molecule has 1 unspecified atom stereocenters. The highest BCUT2D eigenvalue weighted by Crippen LogP contribution is 2.20. The van der Waals surface area contributed by atoms with Crippen molar-refractivity contribution in [3.05, 3.63) is 34.9 Å². The van der Waals surface area contributed by atoms with E-state index in [4.69, 9.17) is 0 Å². The highest BCUT2D eigenvalue weighted by atomic mass is 19.3. The van der Waals surface area contributed by atoms with Crippen LogP contribution in [-0.4, -0.2) is 38.0 Å². The fourth-order valence-corrected chi connectivity index (χ4v) is 2.43. The first-order chi connectivity index (χ1) is 9.43. The number of benzene rings is 1. The number of aryl methyl sites for hydroxylation is 2. The van der Waals surface area contributed by atoms with E-state index in [2.05, 4.69) is 44.3 Å². The number of halogens is 2. The van der Waals surface area contributed by atoms with Gasteiger partial charge < -0.3 is 5.32 Å². The van der Waals surface area contributed by atoms with Crippen LogP contribution in [0.15, 0.2) is 18.2 Å². The van der Waals surface area contributed by atoms with E-state index in [-0.39, 0.29) is 12.6 Å². The number of hydrogen-bond donors (Lipinski definition) is 1. The first-order valence-corrected chi connectivity index (χ1v) is 7.21. The maximum atomic E-state index is 12.5. The van der Waals surface area contributed by atoms with Gasteiger partial charge in [0.1, 0.15) is 0 Å². The fraction of sp³-hybridized carbons (Fsp3) is 0.625. The third kappa shape index (κ3) is 5.55. The van der Waals surface area contributed by atoms with Crippen molar-refractivity contribution in [1.29, 1.82) is 0 Å². The summed E-state index contributed by atoms with van der Waals surface area (Å²) in [6.45, 7) is 7.54. The number of nitrogens with zero attached hydrogens (tertiary/aromatic N) is 1. The monoisotopic (exact) mass is 284 g/mol. The molecule has 0 bridgehead atoms. The second-order valence-electron chi connectivity index (χ2n) is 5.48. The smallest absolute Gasteiger partial charge is 0.251 e. The van der Waals surface area contributed by atoms with E-state index in [1.54, 1.807) is 11.9 Å². The molecular formula is C16H26F2N2. The molecule has 0 radical (unpaired) electrons. The van der Waals surface area contributed by atoms with E-state index >= 15 is 0 Å². The Labute approximate surface area is 121 Å². The van der Waals surface area contributed by atoms with Crippen molar-refractivity contribution in [2.24, 2.45) is 0 Å². The van der Waals surface area contributed by atoms with Crippen LogP contribution in [-0.2, 0) is 0 Å². The van der Waals surface area contributed by atoms with Gasteiger partial charge in [0.15, 0.2) is 0 Å². The number of rotatable bonds is 8. The zero-order chi connectivity index (χ0) is 15.1. The Morgan fingerprint density at radius 2 is 1.90 bits per heavy atom. The first-order valence-electron chi connectivity index (χ1n) is 7.21. The van der Waals surface area contributed by atoms with Crippen molar-refractivity contribution in [1.82, 2.24) is 10.2 Å². The Bertz CT molecular complexity index is 407. The van der Waals surface area contributed by atoms with Crippen LogP contribution >= 0.6 is 0 Å². The molecule has 1 aromatic rings. The SMILES string of the molecule is CCCNC(CN(C)CC(F)F)c1ccc(C)cc1C. The van der Waals surface area contributed by atoms with Gasteiger partial charge in [0.05, 0.1) is 6.54 Å². The Balaban J connectivity index is 2.82. The number of hydrogen-bond acceptors (Lipinski definition) is 2. The van der Waals surface area contributed by atoms with Crippen LogP contribution in [0.5, 0.6) is 0 Å². The fourth-order valence-electron chi connectivity index (χ4n) is 2.43. The predicted octanol–water partition coefficient (Wildman–Crippen LogP) is 3.54. The van der Waals surface area contributed by atoms with Crippen LogP contribution in [0.3, 0.4) is 0 Å². The molecule has 1 aromatic carbocycles. The van der Waals surface area contributed by atoms with Crippen LogP contribution in [0.25, 0.3) is 0 Å². The molecule has 0 fully saturated rings. The Morgan fingerprint density at radius 1 is 1.20 bits per heavy atom. The van der Waals surface area contributed by atoms with Crippen LogP contribution in [0.1, 0.15) is 36.1 Å². The van der Waals surface area contributed by atoms with Gasteiger partial charge in [-0.25, -0.2) is 8.78 Å². The second kappa shape index (κ2) is 8.32. The summed E-state index contributed by atoms with van der Waals surface area (Å²) in [5.41, 5.74) is 3.63. The van der Waals surface area contributed by atoms with Crippen LogP contribution in [0.2, 0.25) is 0 Å². The molecule has 0 spiro atoms. The first kappa shape index (κ1) is 17.1. The van der Waals surface area contributed by atoms with Gasteiger partial charge in [-0.2, -0.15) is 0 Å². The molecule has 114 valence electrons. The molecule has 1 rings (SSSR count). The summed E-state index contributed by atoms with van der Waals surface area (Å²) in [7, 11) is 1.75. The van der Waals surface area contributed by atoms with Crippen LogP contribution in [0.4, 0.5) is 8.78 Å². The summed E-state index contributed by atoms with van der Waals surface area (Å²) in [4.78, 5) is 1.69. The van der Waals surface area contributed by atoms with Crippen LogP contribution in [0, 0.1) is 13.8 Å². The molecule has 2 nitrogen and oxygen atoms in total. The van der Waals surface area contributed by atoms with E-state index in [1.807, 2.05) is 0 Å². The van der Waals surface area contributed by atoms with Gasteiger partial charge in [-0.15, -0.1) is 0 Å². The highest BCUT2D eigenvalue weighted by Gasteiger charge is 2.17. The minimum Gasteiger partial charge on any atom is -0.309 e. The van der Waals surface area contributed by atoms with Gasteiger partial charge in [-0.3, -0.25) is 4.90 Å². The lowest BCUT2D eigenvalue weighted by Crippen LogP contribution is -2.36.